The monoisotopic (exact) mass is 486 g/mol. The highest BCUT2D eigenvalue weighted by Crippen LogP contribution is 2.23. The number of nitrogens with zero attached hydrogens (tertiary/aromatic N) is 3. The maximum absolute atomic E-state index is 13.3. The molecule has 9 nitrogen and oxygen atoms in total. The highest BCUT2D eigenvalue weighted by molar-refractivity contribution is 5.98. The van der Waals surface area contributed by atoms with Crippen LogP contribution in [0.25, 0.3) is 11.0 Å². The molecule has 1 aromatic heterocycles. The number of anilines is 1. The maximum Gasteiger partial charge on any atom is 0.247 e. The lowest BCUT2D eigenvalue weighted by Crippen LogP contribution is -2.44. The number of carbonyl (C=O) groups excluding carboxylic acids is 2. The number of nitriles is 1. The standard InChI is InChI=1S/C27H30N6O3/c1-18-6-5-7-20(12-18)15-29-25(34)16-33-11-4-3-8-23(26(33)35)32-27(30-17-28)31-22-9-10-24-21(14-22)13-19(2)36-24/h5-7,9-10,12-14,23H,3-4,8,11,15-16H2,1-2H3,(H,29,34)(H2,30,31,32)/t23-/m0/s1. The van der Waals surface area contributed by atoms with E-state index in [9.17, 15) is 14.9 Å². The Hall–Kier alpha value is -4.32. The summed E-state index contributed by atoms with van der Waals surface area (Å²) in [5.74, 6) is 0.546. The predicted octanol–water partition coefficient (Wildman–Crippen LogP) is 3.59. The third-order valence-corrected chi connectivity index (χ3v) is 6.02. The topological polar surface area (TPSA) is 123 Å². The van der Waals surface area contributed by atoms with E-state index in [1.54, 1.807) is 4.90 Å². The molecule has 2 heterocycles. The van der Waals surface area contributed by atoms with Gasteiger partial charge in [0.2, 0.25) is 17.8 Å². The summed E-state index contributed by atoms with van der Waals surface area (Å²) in [6, 6.07) is 14.7. The van der Waals surface area contributed by atoms with Gasteiger partial charge in [0.25, 0.3) is 0 Å². The molecule has 1 atom stereocenters. The fraction of sp³-hybridized carbons (Fsp3) is 0.333. The number of aliphatic imine (C=N–C) groups is 1. The zero-order valence-corrected chi connectivity index (χ0v) is 20.5. The molecule has 1 saturated heterocycles. The summed E-state index contributed by atoms with van der Waals surface area (Å²) >= 11 is 0. The zero-order chi connectivity index (χ0) is 25.5. The van der Waals surface area contributed by atoms with Crippen LogP contribution in [0.3, 0.4) is 0 Å². The molecule has 9 heteroatoms. The molecule has 0 bridgehead atoms. The van der Waals surface area contributed by atoms with E-state index in [0.29, 0.717) is 25.2 Å². The third-order valence-electron chi connectivity index (χ3n) is 6.02. The van der Waals surface area contributed by atoms with Crippen molar-refractivity contribution in [3.8, 4) is 6.19 Å². The molecule has 1 fully saturated rings. The molecule has 1 aliphatic rings. The number of guanidine groups is 1. The van der Waals surface area contributed by atoms with Crippen LogP contribution in [0.4, 0.5) is 5.69 Å². The van der Waals surface area contributed by atoms with Crippen molar-refractivity contribution >= 4 is 34.4 Å². The summed E-state index contributed by atoms with van der Waals surface area (Å²) in [6.45, 7) is 4.76. The van der Waals surface area contributed by atoms with Gasteiger partial charge < -0.3 is 20.0 Å². The summed E-state index contributed by atoms with van der Waals surface area (Å²) in [4.78, 5) is 31.9. The molecule has 0 saturated carbocycles. The summed E-state index contributed by atoms with van der Waals surface area (Å²) in [6.07, 6.45) is 4.00. The molecule has 0 aliphatic carbocycles. The van der Waals surface area contributed by atoms with Gasteiger partial charge >= 0.3 is 0 Å². The quantitative estimate of drug-likeness (QED) is 0.212. The lowest BCUT2D eigenvalue weighted by Gasteiger charge is -2.22. The molecular formula is C27H30N6O3. The normalized spacial score (nSPS) is 16.4. The lowest BCUT2D eigenvalue weighted by molar-refractivity contribution is -0.136. The average molecular weight is 487 g/mol. The second-order valence-electron chi connectivity index (χ2n) is 8.99. The smallest absolute Gasteiger partial charge is 0.247 e. The molecule has 0 unspecified atom stereocenters. The molecule has 186 valence electrons. The van der Waals surface area contributed by atoms with Gasteiger partial charge in [0.1, 0.15) is 17.4 Å². The number of aryl methyl sites for hydroxylation is 2. The molecule has 0 spiro atoms. The van der Waals surface area contributed by atoms with Gasteiger partial charge in [0.15, 0.2) is 6.19 Å². The van der Waals surface area contributed by atoms with E-state index in [-0.39, 0.29) is 24.3 Å². The number of amides is 2. The Morgan fingerprint density at radius 3 is 2.86 bits per heavy atom. The van der Waals surface area contributed by atoms with Crippen molar-refractivity contribution in [2.75, 3.05) is 18.4 Å². The van der Waals surface area contributed by atoms with Gasteiger partial charge in [-0.25, -0.2) is 4.99 Å². The van der Waals surface area contributed by atoms with E-state index in [4.69, 9.17) is 4.42 Å². The number of fused-ring (bicyclic) bond motifs is 1. The Morgan fingerprint density at radius 2 is 2.06 bits per heavy atom. The van der Waals surface area contributed by atoms with E-state index < -0.39 is 6.04 Å². The van der Waals surface area contributed by atoms with E-state index in [1.807, 2.05) is 68.6 Å². The van der Waals surface area contributed by atoms with Gasteiger partial charge in [-0.15, -0.1) is 0 Å². The molecule has 4 rings (SSSR count). The molecule has 3 aromatic rings. The minimum atomic E-state index is -0.694. The first kappa shape index (κ1) is 24.8. The first-order valence-corrected chi connectivity index (χ1v) is 12.0. The molecular weight excluding hydrogens is 456 g/mol. The number of benzene rings is 2. The Balaban J connectivity index is 1.43. The van der Waals surface area contributed by atoms with Crippen molar-refractivity contribution in [1.82, 2.24) is 15.5 Å². The minimum Gasteiger partial charge on any atom is -0.461 e. The van der Waals surface area contributed by atoms with E-state index in [2.05, 4.69) is 20.9 Å². The molecule has 1 aliphatic heterocycles. The number of hydrogen-bond donors (Lipinski definition) is 3. The Morgan fingerprint density at radius 1 is 1.19 bits per heavy atom. The van der Waals surface area contributed by atoms with Crippen LogP contribution < -0.4 is 16.0 Å². The first-order chi connectivity index (χ1) is 17.4. The van der Waals surface area contributed by atoms with Gasteiger partial charge in [0, 0.05) is 24.2 Å². The first-order valence-electron chi connectivity index (χ1n) is 12.0. The number of hydrogen-bond acceptors (Lipinski definition) is 5. The van der Waals surface area contributed by atoms with Crippen molar-refractivity contribution in [2.45, 2.75) is 45.7 Å². The summed E-state index contributed by atoms with van der Waals surface area (Å²) in [5, 5.41) is 18.7. The van der Waals surface area contributed by atoms with Crippen molar-refractivity contribution in [2.24, 2.45) is 4.99 Å². The van der Waals surface area contributed by atoms with Crippen LogP contribution in [0, 0.1) is 25.3 Å². The molecule has 36 heavy (non-hydrogen) atoms. The number of nitrogens with one attached hydrogen (secondary N) is 3. The third kappa shape index (κ3) is 6.42. The number of rotatable bonds is 6. The summed E-state index contributed by atoms with van der Waals surface area (Å²) in [5.41, 5.74) is 3.61. The largest absolute Gasteiger partial charge is 0.461 e. The molecule has 0 radical (unpaired) electrons. The fourth-order valence-corrected chi connectivity index (χ4v) is 4.31. The van der Waals surface area contributed by atoms with E-state index in [1.165, 1.54) is 0 Å². The van der Waals surface area contributed by atoms with Gasteiger partial charge in [-0.05, 0) is 62.9 Å². The molecule has 2 amide bonds. The van der Waals surface area contributed by atoms with Crippen LogP contribution >= 0.6 is 0 Å². The summed E-state index contributed by atoms with van der Waals surface area (Å²) < 4.78 is 5.61. The highest BCUT2D eigenvalue weighted by atomic mass is 16.3. The van der Waals surface area contributed by atoms with Crippen LogP contribution in [0.5, 0.6) is 0 Å². The number of likely N-dealkylation sites (tertiary alicyclic amines) is 1. The maximum atomic E-state index is 13.3. The SMILES string of the molecule is Cc1cccc(CNC(=O)CN2CCCC[C@H](N=C(NC#N)Nc3ccc4oc(C)cc4c3)C2=O)c1. The lowest BCUT2D eigenvalue weighted by atomic mass is 10.1. The number of carbonyl (C=O) groups is 2. The van der Waals surface area contributed by atoms with Crippen LogP contribution in [0.2, 0.25) is 0 Å². The Bertz CT molecular complexity index is 1320. The predicted molar refractivity (Wildman–Crippen MR) is 138 cm³/mol. The van der Waals surface area contributed by atoms with E-state index >= 15 is 0 Å². The van der Waals surface area contributed by atoms with Gasteiger partial charge in [-0.2, -0.15) is 5.26 Å². The fourth-order valence-electron chi connectivity index (χ4n) is 4.31. The highest BCUT2D eigenvalue weighted by Gasteiger charge is 2.28. The van der Waals surface area contributed by atoms with Crippen molar-refractivity contribution in [3.05, 3.63) is 65.4 Å². The van der Waals surface area contributed by atoms with Crippen LogP contribution in [-0.2, 0) is 16.1 Å². The average Bonchev–Trinajstić information content (AvgIpc) is 3.14. The van der Waals surface area contributed by atoms with Gasteiger partial charge in [-0.3, -0.25) is 14.9 Å². The van der Waals surface area contributed by atoms with Gasteiger partial charge in [0.05, 0.1) is 6.54 Å². The van der Waals surface area contributed by atoms with E-state index in [0.717, 1.165) is 40.7 Å². The van der Waals surface area contributed by atoms with Gasteiger partial charge in [-0.1, -0.05) is 29.8 Å². The Kier molecular flexibility index (Phi) is 7.85. The van der Waals surface area contributed by atoms with Crippen molar-refractivity contribution in [1.29, 1.82) is 5.26 Å². The van der Waals surface area contributed by atoms with Crippen molar-refractivity contribution in [3.63, 3.8) is 0 Å². The Labute approximate surface area is 210 Å². The number of furan rings is 1. The summed E-state index contributed by atoms with van der Waals surface area (Å²) in [7, 11) is 0. The second kappa shape index (κ2) is 11.4. The van der Waals surface area contributed by atoms with Crippen molar-refractivity contribution < 1.29 is 14.0 Å². The second-order valence-corrected chi connectivity index (χ2v) is 8.99. The van der Waals surface area contributed by atoms with Crippen LogP contribution in [0.15, 0.2) is 57.9 Å². The zero-order valence-electron chi connectivity index (χ0n) is 20.5. The minimum absolute atomic E-state index is 0.0262. The van der Waals surface area contributed by atoms with Crippen LogP contribution in [-0.4, -0.2) is 41.8 Å². The molecule has 2 aromatic carbocycles. The molecule has 3 N–H and O–H groups in total. The van der Waals surface area contributed by atoms with Crippen LogP contribution in [0.1, 0.15) is 36.1 Å².